The Bertz CT molecular complexity index is 138. The van der Waals surface area contributed by atoms with Crippen LogP contribution in [0, 0.1) is 0 Å². The van der Waals surface area contributed by atoms with Gasteiger partial charge in [0.1, 0.15) is 0 Å². The third-order valence-electron chi connectivity index (χ3n) is 1.89. The van der Waals surface area contributed by atoms with Crippen molar-refractivity contribution in [2.45, 2.75) is 18.6 Å². The van der Waals surface area contributed by atoms with Gasteiger partial charge in [-0.15, -0.1) is 0 Å². The van der Waals surface area contributed by atoms with Gasteiger partial charge in [0, 0.05) is 24.8 Å². The van der Waals surface area contributed by atoms with E-state index < -0.39 is 0 Å². The fraction of sp³-hybridized carbons (Fsp3) is 0.857. The minimum absolute atomic E-state index is 0.321. The number of likely N-dealkylation sites (tertiary alicyclic amines) is 1. The van der Waals surface area contributed by atoms with Gasteiger partial charge in [-0.25, -0.2) is 0 Å². The molecule has 1 unspecified atom stereocenters. The second-order valence-electron chi connectivity index (χ2n) is 2.49. The van der Waals surface area contributed by atoms with Crippen molar-refractivity contribution < 1.29 is 4.79 Å². The van der Waals surface area contributed by atoms with Gasteiger partial charge in [0.05, 0.1) is 0 Å². The average Bonchev–Trinajstić information content (AvgIpc) is 2.30. The number of thioether (sulfide) groups is 1. The van der Waals surface area contributed by atoms with Gasteiger partial charge in [0.25, 0.3) is 0 Å². The monoisotopic (exact) mass is 159 g/mol. The van der Waals surface area contributed by atoms with Crippen molar-refractivity contribution in [1.82, 2.24) is 4.90 Å². The summed E-state index contributed by atoms with van der Waals surface area (Å²) in [6.45, 7) is 3.85. The molecule has 1 heterocycles. The van der Waals surface area contributed by atoms with E-state index in [1.54, 1.807) is 11.8 Å². The molecule has 1 amide bonds. The summed E-state index contributed by atoms with van der Waals surface area (Å²) in [6, 6.07) is 0. The second-order valence-corrected chi connectivity index (χ2v) is 3.63. The predicted octanol–water partition coefficient (Wildman–Crippen LogP) is 0.970. The molecule has 2 nitrogen and oxygen atoms in total. The molecule has 58 valence electrons. The standard InChI is InChI=1S/C7H13NOS/c1-3-8-5-6(10-2)4-7(8)9/h6H,3-5H2,1-2H3. The van der Waals surface area contributed by atoms with Gasteiger partial charge in [-0.1, -0.05) is 0 Å². The van der Waals surface area contributed by atoms with E-state index in [0.29, 0.717) is 11.2 Å². The highest BCUT2D eigenvalue weighted by molar-refractivity contribution is 7.99. The molecule has 1 aliphatic rings. The quantitative estimate of drug-likeness (QED) is 0.598. The lowest BCUT2D eigenvalue weighted by molar-refractivity contribution is -0.127. The third kappa shape index (κ3) is 1.45. The van der Waals surface area contributed by atoms with E-state index in [1.165, 1.54) is 0 Å². The molecule has 1 atom stereocenters. The maximum Gasteiger partial charge on any atom is 0.223 e. The zero-order chi connectivity index (χ0) is 7.56. The van der Waals surface area contributed by atoms with Gasteiger partial charge in [0.15, 0.2) is 0 Å². The minimum Gasteiger partial charge on any atom is -0.342 e. The zero-order valence-electron chi connectivity index (χ0n) is 6.46. The SMILES string of the molecule is CCN1CC(SC)CC1=O. The first-order valence-corrected chi connectivity index (χ1v) is 4.87. The van der Waals surface area contributed by atoms with Crippen molar-refractivity contribution in [3.05, 3.63) is 0 Å². The summed E-state index contributed by atoms with van der Waals surface area (Å²) < 4.78 is 0. The molecule has 0 bridgehead atoms. The number of nitrogens with zero attached hydrogens (tertiary/aromatic N) is 1. The molecule has 1 rings (SSSR count). The molecule has 0 aromatic rings. The lowest BCUT2D eigenvalue weighted by Crippen LogP contribution is -2.24. The highest BCUT2D eigenvalue weighted by atomic mass is 32.2. The minimum atomic E-state index is 0.321. The van der Waals surface area contributed by atoms with Crippen molar-refractivity contribution >= 4 is 17.7 Å². The van der Waals surface area contributed by atoms with E-state index in [1.807, 2.05) is 11.8 Å². The van der Waals surface area contributed by atoms with Crippen LogP contribution in [0.1, 0.15) is 13.3 Å². The number of carbonyl (C=O) groups excluding carboxylic acids is 1. The van der Waals surface area contributed by atoms with E-state index >= 15 is 0 Å². The molecule has 0 radical (unpaired) electrons. The Balaban J connectivity index is 2.44. The van der Waals surface area contributed by atoms with E-state index in [4.69, 9.17) is 0 Å². The lowest BCUT2D eigenvalue weighted by atomic mass is 10.4. The van der Waals surface area contributed by atoms with Crippen LogP contribution in [-0.4, -0.2) is 35.4 Å². The number of hydrogen-bond donors (Lipinski definition) is 0. The summed E-state index contributed by atoms with van der Waals surface area (Å²) in [4.78, 5) is 13.0. The van der Waals surface area contributed by atoms with Crippen LogP contribution < -0.4 is 0 Å². The van der Waals surface area contributed by atoms with Crippen molar-refractivity contribution in [2.75, 3.05) is 19.3 Å². The highest BCUT2D eigenvalue weighted by Crippen LogP contribution is 2.20. The zero-order valence-corrected chi connectivity index (χ0v) is 7.28. The number of carbonyl (C=O) groups is 1. The summed E-state index contributed by atoms with van der Waals surface area (Å²) in [7, 11) is 0. The van der Waals surface area contributed by atoms with Gasteiger partial charge in [-0.05, 0) is 13.2 Å². The van der Waals surface area contributed by atoms with Crippen LogP contribution in [-0.2, 0) is 4.79 Å². The predicted molar refractivity (Wildman–Crippen MR) is 44.2 cm³/mol. The van der Waals surface area contributed by atoms with Crippen LogP contribution in [0.15, 0.2) is 0 Å². The average molecular weight is 159 g/mol. The molecule has 10 heavy (non-hydrogen) atoms. The van der Waals surface area contributed by atoms with E-state index in [9.17, 15) is 4.79 Å². The molecule has 0 spiro atoms. The first-order chi connectivity index (χ1) is 4.77. The Morgan fingerprint density at radius 1 is 1.80 bits per heavy atom. The van der Waals surface area contributed by atoms with E-state index in [0.717, 1.165) is 19.5 Å². The fourth-order valence-electron chi connectivity index (χ4n) is 1.20. The molecule has 0 aliphatic carbocycles. The van der Waals surface area contributed by atoms with Gasteiger partial charge in [-0.2, -0.15) is 11.8 Å². The van der Waals surface area contributed by atoms with Crippen molar-refractivity contribution in [1.29, 1.82) is 0 Å². The number of rotatable bonds is 2. The van der Waals surface area contributed by atoms with Crippen LogP contribution in [0.4, 0.5) is 0 Å². The van der Waals surface area contributed by atoms with Crippen molar-refractivity contribution in [3.63, 3.8) is 0 Å². The van der Waals surface area contributed by atoms with Crippen molar-refractivity contribution in [2.24, 2.45) is 0 Å². The summed E-state index contributed by atoms with van der Waals surface area (Å²) in [5.74, 6) is 0.321. The first-order valence-electron chi connectivity index (χ1n) is 3.58. The number of hydrogen-bond acceptors (Lipinski definition) is 2. The molecular weight excluding hydrogens is 146 g/mol. The van der Waals surface area contributed by atoms with Crippen LogP contribution >= 0.6 is 11.8 Å². The Labute approximate surface area is 66.0 Å². The molecule has 1 fully saturated rings. The second kappa shape index (κ2) is 3.28. The summed E-state index contributed by atoms with van der Waals surface area (Å²) in [5.41, 5.74) is 0. The molecule has 1 aliphatic heterocycles. The summed E-state index contributed by atoms with van der Waals surface area (Å²) in [5, 5.41) is 0.549. The molecule has 3 heteroatoms. The van der Waals surface area contributed by atoms with Gasteiger partial charge in [0.2, 0.25) is 5.91 Å². The van der Waals surface area contributed by atoms with Gasteiger partial charge >= 0.3 is 0 Å². The Kier molecular flexibility index (Phi) is 2.60. The number of amides is 1. The molecule has 0 N–H and O–H groups in total. The summed E-state index contributed by atoms with van der Waals surface area (Å²) in [6.07, 6.45) is 2.81. The molecule has 0 saturated carbocycles. The van der Waals surface area contributed by atoms with Crippen LogP contribution in [0.3, 0.4) is 0 Å². The Morgan fingerprint density at radius 2 is 2.50 bits per heavy atom. The third-order valence-corrected chi connectivity index (χ3v) is 2.88. The molecule has 0 aromatic heterocycles. The Hall–Kier alpha value is -0.180. The van der Waals surface area contributed by atoms with Crippen LogP contribution in [0.25, 0.3) is 0 Å². The molecule has 1 saturated heterocycles. The van der Waals surface area contributed by atoms with Crippen LogP contribution in [0.2, 0.25) is 0 Å². The van der Waals surface area contributed by atoms with Crippen molar-refractivity contribution in [3.8, 4) is 0 Å². The maximum absolute atomic E-state index is 11.1. The highest BCUT2D eigenvalue weighted by Gasteiger charge is 2.26. The van der Waals surface area contributed by atoms with Gasteiger partial charge in [-0.3, -0.25) is 4.79 Å². The van der Waals surface area contributed by atoms with E-state index in [-0.39, 0.29) is 0 Å². The maximum atomic E-state index is 11.1. The normalized spacial score (nSPS) is 26.0. The molecule has 0 aromatic carbocycles. The summed E-state index contributed by atoms with van der Waals surface area (Å²) >= 11 is 1.79. The largest absolute Gasteiger partial charge is 0.342 e. The molecular formula is C7H13NOS. The first kappa shape index (κ1) is 7.92. The lowest BCUT2D eigenvalue weighted by Gasteiger charge is -2.11. The van der Waals surface area contributed by atoms with E-state index in [2.05, 4.69) is 6.26 Å². The van der Waals surface area contributed by atoms with Gasteiger partial charge < -0.3 is 4.90 Å². The Morgan fingerprint density at radius 3 is 2.80 bits per heavy atom. The smallest absolute Gasteiger partial charge is 0.223 e. The fourth-order valence-corrected chi connectivity index (χ4v) is 1.84. The topological polar surface area (TPSA) is 20.3 Å². The van der Waals surface area contributed by atoms with Crippen LogP contribution in [0.5, 0.6) is 0 Å².